The highest BCUT2D eigenvalue weighted by molar-refractivity contribution is 7.86. The summed E-state index contributed by atoms with van der Waals surface area (Å²) in [7, 11) is -3.82. The molecule has 0 bridgehead atoms. The normalized spacial score (nSPS) is 31.3. The molecule has 0 spiro atoms. The van der Waals surface area contributed by atoms with Gasteiger partial charge in [0.1, 0.15) is 24.4 Å². The third-order valence-electron chi connectivity index (χ3n) is 3.88. The van der Waals surface area contributed by atoms with Gasteiger partial charge in [-0.3, -0.25) is 4.18 Å². The van der Waals surface area contributed by atoms with E-state index in [1.165, 1.54) is 12.2 Å². The highest BCUT2D eigenvalue weighted by Gasteiger charge is 2.51. The van der Waals surface area contributed by atoms with Crippen molar-refractivity contribution in [1.29, 1.82) is 0 Å². The molecular formula is C17H28O9S. The molecule has 0 aromatic carbocycles. The Hall–Kier alpha value is -1.04. The first-order chi connectivity index (χ1) is 12.3. The Morgan fingerprint density at radius 3 is 2.37 bits per heavy atom. The maximum Gasteiger partial charge on any atom is 0.330 e. The summed E-state index contributed by atoms with van der Waals surface area (Å²) in [6, 6.07) is 0. The lowest BCUT2D eigenvalue weighted by Crippen LogP contribution is -2.47. The average Bonchev–Trinajstić information content (AvgIpc) is 3.01. The first-order valence-corrected chi connectivity index (χ1v) is 10.5. The highest BCUT2D eigenvalue weighted by Crippen LogP contribution is 2.36. The zero-order valence-electron chi connectivity index (χ0n) is 16.5. The predicted octanol–water partition coefficient (Wildman–Crippen LogP) is 1.12. The largest absolute Gasteiger partial charge is 0.463 e. The van der Waals surface area contributed by atoms with Crippen LogP contribution in [-0.4, -0.2) is 69.8 Å². The van der Waals surface area contributed by atoms with Gasteiger partial charge in [0.2, 0.25) is 0 Å². The Morgan fingerprint density at radius 1 is 1.19 bits per heavy atom. The number of rotatable bonds is 7. The standard InChI is InChI=1S/C17H28O9S/c1-7-21-13(18)9-8-11-14(25-17(4,5)23-11)15(26-27(6,19)20)12-10-22-16(2,3)24-12/h8-9,11-12,14-15H,7,10H2,1-6H3/b9-8+/t11-,12+,14-,15+/m0/s1. The van der Waals surface area contributed by atoms with E-state index in [-0.39, 0.29) is 13.2 Å². The molecule has 156 valence electrons. The topological polar surface area (TPSA) is 107 Å². The molecule has 0 aliphatic carbocycles. The average molecular weight is 408 g/mol. The van der Waals surface area contributed by atoms with Crippen LogP contribution in [0.3, 0.4) is 0 Å². The molecular weight excluding hydrogens is 380 g/mol. The van der Waals surface area contributed by atoms with Crippen LogP contribution in [0.2, 0.25) is 0 Å². The van der Waals surface area contributed by atoms with Gasteiger partial charge in [-0.05, 0) is 40.7 Å². The molecule has 0 radical (unpaired) electrons. The minimum Gasteiger partial charge on any atom is -0.463 e. The van der Waals surface area contributed by atoms with E-state index in [4.69, 9.17) is 27.9 Å². The van der Waals surface area contributed by atoms with Gasteiger partial charge in [0.25, 0.3) is 10.1 Å². The van der Waals surface area contributed by atoms with E-state index in [0.717, 1.165) is 6.26 Å². The van der Waals surface area contributed by atoms with E-state index in [1.54, 1.807) is 34.6 Å². The van der Waals surface area contributed by atoms with Gasteiger partial charge in [0.15, 0.2) is 11.6 Å². The molecule has 2 fully saturated rings. The fourth-order valence-electron chi connectivity index (χ4n) is 2.99. The summed E-state index contributed by atoms with van der Waals surface area (Å²) in [5.74, 6) is -2.43. The molecule has 2 heterocycles. The molecule has 0 amide bonds. The summed E-state index contributed by atoms with van der Waals surface area (Å²) in [6.07, 6.45) is 0.323. The minimum atomic E-state index is -3.82. The summed E-state index contributed by atoms with van der Waals surface area (Å²) in [6.45, 7) is 8.88. The van der Waals surface area contributed by atoms with Crippen LogP contribution in [0.25, 0.3) is 0 Å². The molecule has 10 heteroatoms. The molecule has 0 saturated carbocycles. The summed E-state index contributed by atoms with van der Waals surface area (Å²) in [4.78, 5) is 11.6. The van der Waals surface area contributed by atoms with Crippen molar-refractivity contribution in [2.45, 2.75) is 70.6 Å². The molecule has 4 atom stereocenters. The highest BCUT2D eigenvalue weighted by atomic mass is 32.2. The number of hydrogen-bond acceptors (Lipinski definition) is 9. The van der Waals surface area contributed by atoms with Gasteiger partial charge in [-0.25, -0.2) is 4.79 Å². The molecule has 2 aliphatic heterocycles. The second kappa shape index (κ2) is 8.14. The minimum absolute atomic E-state index is 0.127. The van der Waals surface area contributed by atoms with E-state index in [2.05, 4.69) is 0 Å². The molecule has 9 nitrogen and oxygen atoms in total. The SMILES string of the molecule is CCOC(=O)/C=C/[C@@H]1OC(C)(C)O[C@@H]1[C@H](OS(C)(=O)=O)[C@H]1COC(C)(C)O1. The van der Waals surface area contributed by atoms with Crippen molar-refractivity contribution >= 4 is 16.1 Å². The van der Waals surface area contributed by atoms with Gasteiger partial charge in [-0.1, -0.05) is 0 Å². The smallest absolute Gasteiger partial charge is 0.330 e. The second-order valence-corrected chi connectivity index (χ2v) is 8.91. The van der Waals surface area contributed by atoms with Crippen LogP contribution in [-0.2, 0) is 42.8 Å². The van der Waals surface area contributed by atoms with Crippen molar-refractivity contribution in [3.63, 3.8) is 0 Å². The Balaban J connectivity index is 2.28. The Labute approximate surface area is 160 Å². The zero-order chi connectivity index (χ0) is 20.5. The van der Waals surface area contributed by atoms with Crippen molar-refractivity contribution in [2.75, 3.05) is 19.5 Å². The Morgan fingerprint density at radius 2 is 1.85 bits per heavy atom. The van der Waals surface area contributed by atoms with E-state index < -0.39 is 52.1 Å². The lowest BCUT2D eigenvalue weighted by atomic mass is 10.0. The zero-order valence-corrected chi connectivity index (χ0v) is 17.3. The van der Waals surface area contributed by atoms with Crippen molar-refractivity contribution in [3.8, 4) is 0 Å². The van der Waals surface area contributed by atoms with Crippen LogP contribution >= 0.6 is 0 Å². The van der Waals surface area contributed by atoms with E-state index in [1.807, 2.05) is 0 Å². The summed E-state index contributed by atoms with van der Waals surface area (Å²) in [5.41, 5.74) is 0. The molecule has 2 aliphatic rings. The molecule has 27 heavy (non-hydrogen) atoms. The number of carbonyl (C=O) groups is 1. The summed E-state index contributed by atoms with van der Waals surface area (Å²) in [5, 5.41) is 0. The van der Waals surface area contributed by atoms with Gasteiger partial charge < -0.3 is 23.7 Å². The third kappa shape index (κ3) is 6.51. The molecule has 0 aromatic rings. The fraction of sp³-hybridized carbons (Fsp3) is 0.824. The predicted molar refractivity (Wildman–Crippen MR) is 94.2 cm³/mol. The molecule has 2 saturated heterocycles. The van der Waals surface area contributed by atoms with Crippen LogP contribution in [0.15, 0.2) is 12.2 Å². The Bertz CT molecular complexity index is 668. The van der Waals surface area contributed by atoms with Gasteiger partial charge in [0.05, 0.1) is 19.5 Å². The van der Waals surface area contributed by atoms with Gasteiger partial charge >= 0.3 is 5.97 Å². The quantitative estimate of drug-likeness (QED) is 0.348. The van der Waals surface area contributed by atoms with E-state index in [0.29, 0.717) is 0 Å². The van der Waals surface area contributed by atoms with Crippen LogP contribution in [0.5, 0.6) is 0 Å². The molecule has 0 aromatic heterocycles. The Kier molecular flexibility index (Phi) is 6.71. The van der Waals surface area contributed by atoms with Crippen LogP contribution in [0, 0.1) is 0 Å². The van der Waals surface area contributed by atoms with E-state index in [9.17, 15) is 13.2 Å². The number of carbonyl (C=O) groups excluding carboxylic acids is 1. The van der Waals surface area contributed by atoms with Crippen molar-refractivity contribution < 1.29 is 41.1 Å². The van der Waals surface area contributed by atoms with Crippen LogP contribution < -0.4 is 0 Å². The summed E-state index contributed by atoms with van der Waals surface area (Å²) >= 11 is 0. The molecule has 0 N–H and O–H groups in total. The lowest BCUT2D eigenvalue weighted by molar-refractivity contribution is -0.174. The molecule has 2 rings (SSSR count). The number of hydrogen-bond donors (Lipinski definition) is 0. The third-order valence-corrected chi connectivity index (χ3v) is 4.45. The monoisotopic (exact) mass is 408 g/mol. The van der Waals surface area contributed by atoms with Crippen LogP contribution in [0.1, 0.15) is 34.6 Å². The first kappa shape index (κ1) is 22.3. The van der Waals surface area contributed by atoms with Gasteiger partial charge in [-0.15, -0.1) is 0 Å². The molecule has 0 unspecified atom stereocenters. The first-order valence-electron chi connectivity index (χ1n) is 8.72. The fourth-order valence-corrected chi connectivity index (χ4v) is 3.63. The number of ether oxygens (including phenoxy) is 5. The van der Waals surface area contributed by atoms with Crippen LogP contribution in [0.4, 0.5) is 0 Å². The number of esters is 1. The van der Waals surface area contributed by atoms with Crippen molar-refractivity contribution in [1.82, 2.24) is 0 Å². The van der Waals surface area contributed by atoms with Crippen molar-refractivity contribution in [3.05, 3.63) is 12.2 Å². The lowest BCUT2D eigenvalue weighted by Gasteiger charge is -2.29. The van der Waals surface area contributed by atoms with E-state index >= 15 is 0 Å². The maximum absolute atomic E-state index is 11.8. The maximum atomic E-state index is 11.8. The van der Waals surface area contributed by atoms with Crippen molar-refractivity contribution in [2.24, 2.45) is 0 Å². The summed E-state index contributed by atoms with van der Waals surface area (Å²) < 4.78 is 56.8. The van der Waals surface area contributed by atoms with Gasteiger partial charge in [0, 0.05) is 6.08 Å². The van der Waals surface area contributed by atoms with Gasteiger partial charge in [-0.2, -0.15) is 8.42 Å². The second-order valence-electron chi connectivity index (χ2n) is 7.31.